The van der Waals surface area contributed by atoms with E-state index in [0.29, 0.717) is 19.5 Å². The van der Waals surface area contributed by atoms with Gasteiger partial charge in [0.2, 0.25) is 0 Å². The van der Waals surface area contributed by atoms with Crippen molar-refractivity contribution in [3.05, 3.63) is 100 Å². The molecule has 0 saturated heterocycles. The summed E-state index contributed by atoms with van der Waals surface area (Å²) in [6.07, 6.45) is -4.38. The number of alkyl halides is 3. The third-order valence-electron chi connectivity index (χ3n) is 6.38. The van der Waals surface area contributed by atoms with Crippen LogP contribution in [-0.2, 0) is 17.8 Å². The van der Waals surface area contributed by atoms with Crippen LogP contribution < -0.4 is 5.69 Å². The van der Waals surface area contributed by atoms with Crippen molar-refractivity contribution in [3.63, 3.8) is 0 Å². The van der Waals surface area contributed by atoms with Crippen LogP contribution in [-0.4, -0.2) is 49.6 Å². The number of aliphatic carboxylic acids is 1. The van der Waals surface area contributed by atoms with E-state index in [1.165, 1.54) is 0 Å². The number of hydrogen-bond acceptors (Lipinski definition) is 4. The second-order valence-electron chi connectivity index (χ2n) is 8.95. The Morgan fingerprint density at radius 1 is 0.949 bits per heavy atom. The Morgan fingerprint density at radius 2 is 1.69 bits per heavy atom. The van der Waals surface area contributed by atoms with Crippen LogP contribution in [0.3, 0.4) is 0 Å². The minimum atomic E-state index is -5.08. The molecule has 2 aromatic heterocycles. The maximum atomic E-state index is 13.3. The van der Waals surface area contributed by atoms with Gasteiger partial charge in [-0.25, -0.2) is 9.59 Å². The minimum absolute atomic E-state index is 0.0408. The summed E-state index contributed by atoms with van der Waals surface area (Å²) in [6, 6.07) is 23.9. The number of carboxylic acid groups (broad SMARTS) is 1. The standard InChI is InChI=1S/C26H20N4O2.C2HF3O2/c31-25-24-18(5-3-6-20(24)17-9-11-22-23(14-17)29-26(32)28-22)15-30(25)13-12-19-10-8-16-4-1-2-7-21(16)27-19;3-2(4,5)1(6)7/h1-11,14H,12-13,15H2,(H2,28,29,32);(H,6,7). The number of benzene rings is 3. The van der Waals surface area contributed by atoms with E-state index in [1.54, 1.807) is 0 Å². The third kappa shape index (κ3) is 5.37. The highest BCUT2D eigenvalue weighted by Crippen LogP contribution is 2.33. The van der Waals surface area contributed by atoms with Crippen LogP contribution in [0.1, 0.15) is 21.6 Å². The van der Waals surface area contributed by atoms with Crippen molar-refractivity contribution in [3.8, 4) is 11.1 Å². The number of rotatable bonds is 4. The Hall–Kier alpha value is -4.93. The lowest BCUT2D eigenvalue weighted by Gasteiger charge is -2.15. The number of aromatic amines is 2. The second-order valence-corrected chi connectivity index (χ2v) is 8.95. The lowest BCUT2D eigenvalue weighted by molar-refractivity contribution is -0.192. The number of pyridine rings is 1. The maximum absolute atomic E-state index is 13.3. The van der Waals surface area contributed by atoms with Gasteiger partial charge >= 0.3 is 17.8 Å². The number of hydrogen-bond donors (Lipinski definition) is 3. The summed E-state index contributed by atoms with van der Waals surface area (Å²) in [6.45, 7) is 1.21. The molecular weight excluding hydrogens is 513 g/mol. The molecule has 0 unspecified atom stereocenters. The smallest absolute Gasteiger partial charge is 0.475 e. The lowest BCUT2D eigenvalue weighted by atomic mass is 9.96. The topological polar surface area (TPSA) is 119 Å². The Balaban J connectivity index is 0.000000392. The molecule has 198 valence electrons. The highest BCUT2D eigenvalue weighted by molar-refractivity contribution is 6.05. The highest BCUT2D eigenvalue weighted by atomic mass is 19.4. The quantitative estimate of drug-likeness (QED) is 0.303. The van der Waals surface area contributed by atoms with Crippen molar-refractivity contribution in [2.24, 2.45) is 0 Å². The van der Waals surface area contributed by atoms with E-state index in [2.05, 4.69) is 22.1 Å². The van der Waals surface area contributed by atoms with Crippen LogP contribution >= 0.6 is 0 Å². The summed E-state index contributed by atoms with van der Waals surface area (Å²) < 4.78 is 31.7. The fourth-order valence-corrected chi connectivity index (χ4v) is 4.54. The molecule has 3 heterocycles. The molecule has 0 saturated carbocycles. The molecule has 0 fully saturated rings. The zero-order chi connectivity index (χ0) is 27.7. The Morgan fingerprint density at radius 3 is 2.46 bits per heavy atom. The van der Waals surface area contributed by atoms with Gasteiger partial charge in [-0.05, 0) is 41.0 Å². The number of carbonyl (C=O) groups is 2. The minimum Gasteiger partial charge on any atom is -0.475 e. The number of aromatic nitrogens is 3. The molecule has 1 amide bonds. The van der Waals surface area contributed by atoms with Crippen molar-refractivity contribution >= 4 is 33.8 Å². The Labute approximate surface area is 218 Å². The van der Waals surface area contributed by atoms with Crippen LogP contribution in [0.25, 0.3) is 33.1 Å². The number of nitrogens with one attached hydrogen (secondary N) is 2. The van der Waals surface area contributed by atoms with Gasteiger partial charge in [0.25, 0.3) is 5.91 Å². The van der Waals surface area contributed by atoms with E-state index >= 15 is 0 Å². The predicted octanol–water partition coefficient (Wildman–Crippen LogP) is 4.90. The number of nitrogens with zero attached hydrogens (tertiary/aromatic N) is 2. The van der Waals surface area contributed by atoms with Gasteiger partial charge in [-0.2, -0.15) is 13.2 Å². The first-order chi connectivity index (χ1) is 18.6. The summed E-state index contributed by atoms with van der Waals surface area (Å²) in [5.74, 6) is -2.72. The molecule has 3 N–H and O–H groups in total. The first-order valence-corrected chi connectivity index (χ1v) is 11.9. The normalized spacial score (nSPS) is 12.9. The molecule has 1 aliphatic rings. The van der Waals surface area contributed by atoms with Gasteiger partial charge < -0.3 is 20.0 Å². The van der Waals surface area contributed by atoms with Crippen molar-refractivity contribution in [1.29, 1.82) is 0 Å². The number of fused-ring (bicyclic) bond motifs is 3. The van der Waals surface area contributed by atoms with E-state index in [1.807, 2.05) is 65.6 Å². The van der Waals surface area contributed by atoms with Crippen LogP contribution in [0.15, 0.2) is 77.6 Å². The van der Waals surface area contributed by atoms with Gasteiger partial charge in [0, 0.05) is 30.6 Å². The van der Waals surface area contributed by atoms with Gasteiger partial charge in [-0.1, -0.05) is 48.5 Å². The molecule has 5 aromatic rings. The summed E-state index contributed by atoms with van der Waals surface area (Å²) in [5, 5.41) is 8.24. The fraction of sp³-hybridized carbons (Fsp3) is 0.143. The predicted molar refractivity (Wildman–Crippen MR) is 138 cm³/mol. The Kier molecular flexibility index (Phi) is 6.65. The molecular formula is C28H21F3N4O4. The molecule has 0 aliphatic carbocycles. The molecule has 6 rings (SSSR count). The molecule has 39 heavy (non-hydrogen) atoms. The zero-order valence-electron chi connectivity index (χ0n) is 20.2. The largest absolute Gasteiger partial charge is 0.490 e. The first kappa shape index (κ1) is 25.7. The average Bonchev–Trinajstić information content (AvgIpc) is 3.45. The second kappa shape index (κ2) is 10.1. The number of halogens is 3. The molecule has 3 aromatic carbocycles. The third-order valence-corrected chi connectivity index (χ3v) is 6.38. The number of carboxylic acids is 1. The van der Waals surface area contributed by atoms with Crippen molar-refractivity contribution in [1.82, 2.24) is 19.9 Å². The average molecular weight is 534 g/mol. The molecule has 11 heteroatoms. The van der Waals surface area contributed by atoms with E-state index < -0.39 is 12.1 Å². The summed E-state index contributed by atoms with van der Waals surface area (Å²) >= 11 is 0. The number of para-hydroxylation sites is 1. The van der Waals surface area contributed by atoms with E-state index in [9.17, 15) is 22.8 Å². The summed E-state index contributed by atoms with van der Waals surface area (Å²) in [5.41, 5.74) is 6.78. The van der Waals surface area contributed by atoms with Gasteiger partial charge in [0.05, 0.1) is 22.1 Å². The molecule has 0 radical (unpaired) electrons. The van der Waals surface area contributed by atoms with Gasteiger partial charge in [0.1, 0.15) is 0 Å². The van der Waals surface area contributed by atoms with E-state index in [4.69, 9.17) is 14.9 Å². The van der Waals surface area contributed by atoms with Crippen molar-refractivity contribution in [2.45, 2.75) is 19.1 Å². The van der Waals surface area contributed by atoms with Crippen LogP contribution in [0.5, 0.6) is 0 Å². The zero-order valence-corrected chi connectivity index (χ0v) is 20.2. The maximum Gasteiger partial charge on any atom is 0.490 e. The van der Waals surface area contributed by atoms with Gasteiger partial charge in [0.15, 0.2) is 0 Å². The van der Waals surface area contributed by atoms with E-state index in [0.717, 1.165) is 49.9 Å². The highest BCUT2D eigenvalue weighted by Gasteiger charge is 2.38. The first-order valence-electron chi connectivity index (χ1n) is 11.9. The summed E-state index contributed by atoms with van der Waals surface area (Å²) in [7, 11) is 0. The SMILES string of the molecule is O=C(O)C(F)(F)F.O=C1c2c(cccc2-c2ccc3[nH]c(=O)[nH]c3c2)CN1CCc1ccc2ccccc2n1. The molecule has 8 nitrogen and oxygen atoms in total. The number of H-pyrrole nitrogens is 2. The number of amides is 1. The Bertz CT molecular complexity index is 1770. The monoisotopic (exact) mass is 534 g/mol. The van der Waals surface area contributed by atoms with Gasteiger partial charge in [-0.15, -0.1) is 0 Å². The lowest BCUT2D eigenvalue weighted by Crippen LogP contribution is -2.26. The van der Waals surface area contributed by atoms with Crippen LogP contribution in [0.2, 0.25) is 0 Å². The van der Waals surface area contributed by atoms with Crippen molar-refractivity contribution < 1.29 is 27.9 Å². The summed E-state index contributed by atoms with van der Waals surface area (Å²) in [4.78, 5) is 46.0. The molecule has 0 bridgehead atoms. The fourth-order valence-electron chi connectivity index (χ4n) is 4.54. The number of imidazole rings is 1. The van der Waals surface area contributed by atoms with Crippen LogP contribution in [0.4, 0.5) is 13.2 Å². The van der Waals surface area contributed by atoms with Gasteiger partial charge in [-0.3, -0.25) is 9.78 Å². The molecule has 0 spiro atoms. The number of carbonyl (C=O) groups excluding carboxylic acids is 1. The molecule has 0 atom stereocenters. The van der Waals surface area contributed by atoms with E-state index in [-0.39, 0.29) is 11.6 Å². The van der Waals surface area contributed by atoms with Crippen LogP contribution in [0, 0.1) is 0 Å². The molecule has 1 aliphatic heterocycles. The van der Waals surface area contributed by atoms with Crippen molar-refractivity contribution in [2.75, 3.05) is 6.54 Å².